The highest BCUT2D eigenvalue weighted by Gasteiger charge is 2.31. The number of rotatable bonds is 3. The fraction of sp³-hybridized carbons (Fsp3) is 0.400. The fourth-order valence-electron chi connectivity index (χ4n) is 2.86. The lowest BCUT2D eigenvalue weighted by atomic mass is 9.89. The fourth-order valence-corrected chi connectivity index (χ4v) is 2.86. The quantitative estimate of drug-likeness (QED) is 0.512. The molecule has 3 rings (SSSR count). The minimum atomic E-state index is -0.634. The average molecular weight is 424 g/mol. The molecule has 0 amide bonds. The van der Waals surface area contributed by atoms with Crippen molar-refractivity contribution in [2.24, 2.45) is 10.8 Å². The zero-order chi connectivity index (χ0) is 23.0. The van der Waals surface area contributed by atoms with Crippen LogP contribution in [0.25, 0.3) is 0 Å². The summed E-state index contributed by atoms with van der Waals surface area (Å²) >= 11 is 0. The van der Waals surface area contributed by atoms with E-state index in [2.05, 4.69) is 0 Å². The van der Waals surface area contributed by atoms with Crippen LogP contribution in [-0.2, 0) is 9.59 Å². The number of ketones is 1. The highest BCUT2D eigenvalue weighted by molar-refractivity contribution is 6.04. The number of carbonyl (C=O) groups excluding carboxylic acids is 3. The van der Waals surface area contributed by atoms with E-state index in [1.54, 1.807) is 84.0 Å². The zero-order valence-electron chi connectivity index (χ0n) is 18.8. The number of carbonyl (C=O) groups is 3. The lowest BCUT2D eigenvalue weighted by Gasteiger charge is -2.25. The van der Waals surface area contributed by atoms with Crippen molar-refractivity contribution in [3.05, 3.63) is 53.6 Å². The van der Waals surface area contributed by atoms with Gasteiger partial charge in [0, 0.05) is 6.07 Å². The van der Waals surface area contributed by atoms with Crippen LogP contribution < -0.4 is 14.2 Å². The molecule has 0 radical (unpaired) electrons. The van der Waals surface area contributed by atoms with Gasteiger partial charge < -0.3 is 14.2 Å². The first-order valence-corrected chi connectivity index (χ1v) is 10.2. The van der Waals surface area contributed by atoms with Crippen molar-refractivity contribution in [3.8, 4) is 17.2 Å². The molecule has 0 aromatic heterocycles. The Labute approximate surface area is 182 Å². The molecular weight excluding hydrogens is 396 g/mol. The van der Waals surface area contributed by atoms with Crippen LogP contribution in [-0.4, -0.2) is 24.3 Å². The summed E-state index contributed by atoms with van der Waals surface area (Å²) in [6.45, 7) is 10.8. The normalized spacial score (nSPS) is 16.2. The van der Waals surface area contributed by atoms with Crippen molar-refractivity contribution in [3.63, 3.8) is 0 Å². The van der Waals surface area contributed by atoms with Crippen molar-refractivity contribution >= 4 is 17.7 Å². The lowest BCUT2D eigenvalue weighted by Crippen LogP contribution is -2.27. The van der Waals surface area contributed by atoms with Crippen LogP contribution in [0.5, 0.6) is 17.2 Å². The molecule has 1 atom stereocenters. The second-order valence-corrected chi connectivity index (χ2v) is 9.73. The molecule has 0 spiro atoms. The summed E-state index contributed by atoms with van der Waals surface area (Å²) in [6.07, 6.45) is 0. The molecule has 0 fully saturated rings. The van der Waals surface area contributed by atoms with Crippen molar-refractivity contribution in [1.82, 2.24) is 0 Å². The van der Waals surface area contributed by atoms with Crippen LogP contribution >= 0.6 is 0 Å². The summed E-state index contributed by atoms with van der Waals surface area (Å²) in [5.41, 5.74) is -0.0230. The summed E-state index contributed by atoms with van der Waals surface area (Å²) in [5, 5.41) is 0. The molecule has 0 saturated heterocycles. The second-order valence-electron chi connectivity index (χ2n) is 9.73. The van der Waals surface area contributed by atoms with Gasteiger partial charge in [0.25, 0.3) is 0 Å². The van der Waals surface area contributed by atoms with Gasteiger partial charge in [-0.05, 0) is 71.4 Å². The maximum absolute atomic E-state index is 13.0. The molecule has 31 heavy (non-hydrogen) atoms. The van der Waals surface area contributed by atoms with E-state index < -0.39 is 16.7 Å². The average Bonchev–Trinajstić information content (AvgIpc) is 2.67. The Morgan fingerprint density at radius 3 is 1.90 bits per heavy atom. The second kappa shape index (κ2) is 8.17. The third-order valence-electron chi connectivity index (χ3n) is 4.87. The Hall–Kier alpha value is -3.15. The van der Waals surface area contributed by atoms with Gasteiger partial charge in [-0.15, -0.1) is 0 Å². The third kappa shape index (κ3) is 5.13. The molecule has 6 nitrogen and oxygen atoms in total. The minimum Gasteiger partial charge on any atom is -0.492 e. The molecule has 1 aliphatic heterocycles. The Morgan fingerprint density at radius 2 is 1.35 bits per heavy atom. The van der Waals surface area contributed by atoms with Gasteiger partial charge in [-0.2, -0.15) is 0 Å². The molecule has 6 heteroatoms. The van der Waals surface area contributed by atoms with Gasteiger partial charge in [-0.3, -0.25) is 14.4 Å². The smallest absolute Gasteiger partial charge is 0.316 e. The highest BCUT2D eigenvalue weighted by atomic mass is 16.5. The number of ether oxygens (including phenoxy) is 3. The Kier molecular flexibility index (Phi) is 5.94. The van der Waals surface area contributed by atoms with Crippen LogP contribution in [0.4, 0.5) is 0 Å². The van der Waals surface area contributed by atoms with Gasteiger partial charge in [0.05, 0.1) is 22.3 Å². The number of fused-ring (bicyclic) bond motifs is 1. The summed E-state index contributed by atoms with van der Waals surface area (Å²) in [5.74, 6) is -0.0594. The predicted octanol–water partition coefficient (Wildman–Crippen LogP) is 4.95. The Bertz CT molecular complexity index is 1010. The number of hydrogen-bond acceptors (Lipinski definition) is 6. The molecule has 0 saturated carbocycles. The number of benzene rings is 2. The van der Waals surface area contributed by atoms with E-state index in [9.17, 15) is 14.4 Å². The van der Waals surface area contributed by atoms with Crippen molar-refractivity contribution in [2.75, 3.05) is 6.61 Å². The van der Waals surface area contributed by atoms with E-state index >= 15 is 0 Å². The van der Waals surface area contributed by atoms with Gasteiger partial charge in [0.1, 0.15) is 23.9 Å². The van der Waals surface area contributed by atoms with Crippen LogP contribution in [0.1, 0.15) is 63.4 Å². The highest BCUT2D eigenvalue weighted by Crippen LogP contribution is 2.36. The standard InChI is InChI=1S/C25H28O6/c1-24(2,3)22(27)30-16-9-7-15(8-10-16)19-14-29-20-13-17(11-12-18(20)21(19)26)31-23(28)25(4,5)6/h7-13,19H,14H2,1-6H3. The van der Waals surface area contributed by atoms with Crippen molar-refractivity contribution in [2.45, 2.75) is 47.5 Å². The van der Waals surface area contributed by atoms with E-state index in [-0.39, 0.29) is 24.3 Å². The molecule has 164 valence electrons. The SMILES string of the molecule is CC(C)(C)C(=O)Oc1ccc(C2COc3cc(OC(=O)C(C)(C)C)ccc3C2=O)cc1. The monoisotopic (exact) mass is 424 g/mol. The van der Waals surface area contributed by atoms with E-state index in [4.69, 9.17) is 14.2 Å². The molecule has 1 unspecified atom stereocenters. The van der Waals surface area contributed by atoms with E-state index in [0.717, 1.165) is 5.56 Å². The van der Waals surface area contributed by atoms with Crippen LogP contribution in [0.15, 0.2) is 42.5 Å². The largest absolute Gasteiger partial charge is 0.492 e. The Balaban J connectivity index is 1.74. The minimum absolute atomic E-state index is 0.0746. The van der Waals surface area contributed by atoms with Gasteiger partial charge in [0.15, 0.2) is 5.78 Å². The van der Waals surface area contributed by atoms with Crippen LogP contribution in [0.2, 0.25) is 0 Å². The van der Waals surface area contributed by atoms with Crippen molar-refractivity contribution in [1.29, 1.82) is 0 Å². The lowest BCUT2D eigenvalue weighted by molar-refractivity contribution is -0.143. The zero-order valence-corrected chi connectivity index (χ0v) is 18.8. The number of hydrogen-bond donors (Lipinski definition) is 0. The Morgan fingerprint density at radius 1 is 0.839 bits per heavy atom. The van der Waals surface area contributed by atoms with E-state index in [1.807, 2.05) is 0 Å². The van der Waals surface area contributed by atoms with E-state index in [1.165, 1.54) is 0 Å². The number of Topliss-reactive ketones (excluding diaryl/α,β-unsaturated/α-hetero) is 1. The third-order valence-corrected chi connectivity index (χ3v) is 4.87. The molecule has 1 aliphatic rings. The molecule has 0 aliphatic carbocycles. The van der Waals surface area contributed by atoms with Gasteiger partial charge >= 0.3 is 11.9 Å². The first-order chi connectivity index (χ1) is 14.4. The number of esters is 2. The molecular formula is C25H28O6. The summed E-state index contributed by atoms with van der Waals surface area (Å²) in [7, 11) is 0. The maximum atomic E-state index is 13.0. The topological polar surface area (TPSA) is 78.9 Å². The first kappa shape index (κ1) is 22.5. The summed E-state index contributed by atoms with van der Waals surface area (Å²) in [4.78, 5) is 37.2. The van der Waals surface area contributed by atoms with Crippen LogP contribution in [0.3, 0.4) is 0 Å². The van der Waals surface area contributed by atoms with E-state index in [0.29, 0.717) is 22.8 Å². The molecule has 2 aromatic carbocycles. The summed E-state index contributed by atoms with van der Waals surface area (Å²) < 4.78 is 16.6. The predicted molar refractivity (Wildman–Crippen MR) is 116 cm³/mol. The molecule has 2 aromatic rings. The van der Waals surface area contributed by atoms with Gasteiger partial charge in [0.2, 0.25) is 0 Å². The maximum Gasteiger partial charge on any atom is 0.316 e. The van der Waals surface area contributed by atoms with Gasteiger partial charge in [-0.1, -0.05) is 12.1 Å². The molecule has 0 bridgehead atoms. The van der Waals surface area contributed by atoms with Crippen molar-refractivity contribution < 1.29 is 28.6 Å². The summed E-state index contributed by atoms with van der Waals surface area (Å²) in [6, 6.07) is 11.7. The molecule has 0 N–H and O–H groups in total. The molecule has 1 heterocycles. The van der Waals surface area contributed by atoms with Crippen LogP contribution in [0, 0.1) is 10.8 Å². The van der Waals surface area contributed by atoms with Gasteiger partial charge in [-0.25, -0.2) is 0 Å². The first-order valence-electron chi connectivity index (χ1n) is 10.2.